The lowest BCUT2D eigenvalue weighted by molar-refractivity contribution is 0.0667. The minimum absolute atomic E-state index is 0.361. The van der Waals surface area contributed by atoms with Crippen LogP contribution in [0, 0.1) is 0 Å². The third-order valence-electron chi connectivity index (χ3n) is 4.12. The molecule has 0 radical (unpaired) electrons. The lowest BCUT2D eigenvalue weighted by Gasteiger charge is -2.26. The Hall–Kier alpha value is -1.06. The Morgan fingerprint density at radius 2 is 2.32 bits per heavy atom. The van der Waals surface area contributed by atoms with Crippen molar-refractivity contribution in [3.63, 3.8) is 0 Å². The molecule has 2 aliphatic rings. The summed E-state index contributed by atoms with van der Waals surface area (Å²) in [5, 5.41) is 3.52. The summed E-state index contributed by atoms with van der Waals surface area (Å²) in [6.07, 6.45) is 3.99. The van der Waals surface area contributed by atoms with E-state index in [1.807, 2.05) is 0 Å². The molecule has 1 aromatic carbocycles. The van der Waals surface area contributed by atoms with E-state index in [2.05, 4.69) is 35.3 Å². The van der Waals surface area contributed by atoms with Crippen LogP contribution < -0.4 is 5.32 Å². The van der Waals surface area contributed by atoms with Gasteiger partial charge in [0, 0.05) is 38.5 Å². The monoisotopic (exact) mass is 260 g/mol. The van der Waals surface area contributed by atoms with Crippen molar-refractivity contribution in [3.05, 3.63) is 29.3 Å². The summed E-state index contributed by atoms with van der Waals surface area (Å²) in [7, 11) is 0. The Kier molecular flexibility index (Phi) is 4.04. The van der Waals surface area contributed by atoms with Crippen LogP contribution in [0.15, 0.2) is 18.2 Å². The predicted molar refractivity (Wildman–Crippen MR) is 78.6 cm³/mol. The first kappa shape index (κ1) is 12.9. The van der Waals surface area contributed by atoms with Gasteiger partial charge in [-0.2, -0.15) is 0 Å². The summed E-state index contributed by atoms with van der Waals surface area (Å²) in [5.41, 5.74) is 4.38. The largest absolute Gasteiger partial charge is 0.385 e. The maximum absolute atomic E-state index is 5.73. The Morgan fingerprint density at radius 1 is 1.37 bits per heavy atom. The van der Waals surface area contributed by atoms with E-state index in [4.69, 9.17) is 4.74 Å². The molecule has 0 bridgehead atoms. The van der Waals surface area contributed by atoms with Crippen LogP contribution in [0.1, 0.15) is 30.9 Å². The second-order valence-electron chi connectivity index (χ2n) is 5.74. The lowest BCUT2D eigenvalue weighted by Crippen LogP contribution is -2.30. The van der Waals surface area contributed by atoms with Crippen molar-refractivity contribution in [2.24, 2.45) is 0 Å². The van der Waals surface area contributed by atoms with Crippen LogP contribution >= 0.6 is 0 Å². The molecular formula is C16H24N2O. The maximum Gasteiger partial charge on any atom is 0.0674 e. The molecule has 3 rings (SSSR count). The summed E-state index contributed by atoms with van der Waals surface area (Å²) < 4.78 is 5.73. The molecule has 1 unspecified atom stereocenters. The van der Waals surface area contributed by atoms with E-state index in [0.717, 1.165) is 39.2 Å². The van der Waals surface area contributed by atoms with Gasteiger partial charge in [0.05, 0.1) is 6.10 Å². The molecule has 0 aromatic heterocycles. The minimum atomic E-state index is 0.361. The highest BCUT2D eigenvalue weighted by Gasteiger charge is 2.18. The van der Waals surface area contributed by atoms with Gasteiger partial charge in [0.2, 0.25) is 0 Å². The Morgan fingerprint density at radius 3 is 3.26 bits per heavy atom. The first-order valence-corrected chi connectivity index (χ1v) is 7.51. The fourth-order valence-corrected chi connectivity index (χ4v) is 3.20. The smallest absolute Gasteiger partial charge is 0.0674 e. The number of ether oxygens (including phenoxy) is 1. The molecule has 3 heteroatoms. The summed E-state index contributed by atoms with van der Waals surface area (Å²) in [6, 6.07) is 6.69. The van der Waals surface area contributed by atoms with Crippen LogP contribution in [0.3, 0.4) is 0 Å². The highest BCUT2D eigenvalue weighted by molar-refractivity contribution is 5.56. The third-order valence-corrected chi connectivity index (χ3v) is 4.12. The van der Waals surface area contributed by atoms with Crippen molar-refractivity contribution in [1.29, 1.82) is 0 Å². The topological polar surface area (TPSA) is 24.5 Å². The van der Waals surface area contributed by atoms with Gasteiger partial charge < -0.3 is 10.1 Å². The molecule has 1 fully saturated rings. The van der Waals surface area contributed by atoms with Gasteiger partial charge in [0.15, 0.2) is 0 Å². The van der Waals surface area contributed by atoms with Gasteiger partial charge in [-0.25, -0.2) is 0 Å². The molecule has 2 aliphatic heterocycles. The fourth-order valence-electron chi connectivity index (χ4n) is 3.20. The predicted octanol–water partition coefficient (Wildman–Crippen LogP) is 2.66. The standard InChI is InChI=1S/C16H24N2O/c1-13-11-18(9-4-10-19-13)12-14-5-2-7-16-15(14)6-3-8-17-16/h2,5,7,13,17H,3-4,6,8-12H2,1H3. The van der Waals surface area contributed by atoms with E-state index in [9.17, 15) is 0 Å². The molecule has 0 aliphatic carbocycles. The van der Waals surface area contributed by atoms with Crippen LogP contribution in [0.25, 0.3) is 0 Å². The third kappa shape index (κ3) is 3.10. The Balaban J connectivity index is 1.75. The fraction of sp³-hybridized carbons (Fsp3) is 0.625. The second kappa shape index (κ2) is 5.93. The molecule has 2 heterocycles. The number of anilines is 1. The molecule has 3 nitrogen and oxygen atoms in total. The van der Waals surface area contributed by atoms with Crippen molar-refractivity contribution in [2.75, 3.05) is 31.6 Å². The first-order valence-electron chi connectivity index (χ1n) is 7.51. The van der Waals surface area contributed by atoms with Crippen molar-refractivity contribution >= 4 is 5.69 Å². The van der Waals surface area contributed by atoms with Crippen LogP contribution in [-0.2, 0) is 17.7 Å². The number of nitrogens with zero attached hydrogens (tertiary/aromatic N) is 1. The molecule has 1 atom stereocenters. The highest BCUT2D eigenvalue weighted by Crippen LogP contribution is 2.26. The summed E-state index contributed by atoms with van der Waals surface area (Å²) >= 11 is 0. The lowest BCUT2D eigenvalue weighted by atomic mass is 9.97. The van der Waals surface area contributed by atoms with E-state index in [0.29, 0.717) is 6.10 Å². The van der Waals surface area contributed by atoms with Crippen molar-refractivity contribution < 1.29 is 4.74 Å². The van der Waals surface area contributed by atoms with Crippen LogP contribution in [-0.4, -0.2) is 37.2 Å². The first-order chi connectivity index (χ1) is 9.33. The molecule has 19 heavy (non-hydrogen) atoms. The number of rotatable bonds is 2. The average Bonchev–Trinajstić information content (AvgIpc) is 2.63. The van der Waals surface area contributed by atoms with E-state index in [-0.39, 0.29) is 0 Å². The maximum atomic E-state index is 5.73. The second-order valence-corrected chi connectivity index (χ2v) is 5.74. The van der Waals surface area contributed by atoms with Crippen LogP contribution in [0.5, 0.6) is 0 Å². The Labute approximate surface area is 115 Å². The zero-order chi connectivity index (χ0) is 13.1. The minimum Gasteiger partial charge on any atom is -0.385 e. The van der Waals surface area contributed by atoms with E-state index in [1.165, 1.54) is 29.7 Å². The molecule has 0 amide bonds. The number of hydrogen-bond acceptors (Lipinski definition) is 3. The zero-order valence-electron chi connectivity index (χ0n) is 11.8. The molecule has 1 aromatic rings. The van der Waals surface area contributed by atoms with Gasteiger partial charge in [-0.3, -0.25) is 4.90 Å². The Bertz CT molecular complexity index is 433. The molecule has 1 N–H and O–H groups in total. The van der Waals surface area contributed by atoms with E-state index < -0.39 is 0 Å². The highest BCUT2D eigenvalue weighted by atomic mass is 16.5. The van der Waals surface area contributed by atoms with Crippen LogP contribution in [0.2, 0.25) is 0 Å². The molecule has 1 saturated heterocycles. The van der Waals surface area contributed by atoms with Gasteiger partial charge in [-0.1, -0.05) is 12.1 Å². The SMILES string of the molecule is CC1CN(Cc2cccc3c2CCCN3)CCCO1. The summed E-state index contributed by atoms with van der Waals surface area (Å²) in [4.78, 5) is 2.54. The van der Waals surface area contributed by atoms with Gasteiger partial charge in [-0.15, -0.1) is 0 Å². The van der Waals surface area contributed by atoms with Gasteiger partial charge in [0.1, 0.15) is 0 Å². The van der Waals surface area contributed by atoms with Crippen molar-refractivity contribution in [1.82, 2.24) is 4.90 Å². The average molecular weight is 260 g/mol. The summed E-state index contributed by atoms with van der Waals surface area (Å²) in [5.74, 6) is 0. The molecule has 0 saturated carbocycles. The summed E-state index contributed by atoms with van der Waals surface area (Å²) in [6.45, 7) is 7.48. The van der Waals surface area contributed by atoms with E-state index >= 15 is 0 Å². The zero-order valence-corrected chi connectivity index (χ0v) is 11.8. The number of fused-ring (bicyclic) bond motifs is 1. The van der Waals surface area contributed by atoms with Gasteiger partial charge in [-0.05, 0) is 43.4 Å². The van der Waals surface area contributed by atoms with Gasteiger partial charge in [0.25, 0.3) is 0 Å². The normalized spacial score (nSPS) is 24.4. The van der Waals surface area contributed by atoms with E-state index in [1.54, 1.807) is 0 Å². The quantitative estimate of drug-likeness (QED) is 0.884. The number of hydrogen-bond donors (Lipinski definition) is 1. The molecular weight excluding hydrogens is 236 g/mol. The van der Waals surface area contributed by atoms with Crippen molar-refractivity contribution in [3.8, 4) is 0 Å². The number of nitrogens with one attached hydrogen (secondary N) is 1. The number of benzene rings is 1. The molecule has 104 valence electrons. The van der Waals surface area contributed by atoms with Crippen LogP contribution in [0.4, 0.5) is 5.69 Å². The molecule has 0 spiro atoms. The van der Waals surface area contributed by atoms with Gasteiger partial charge >= 0.3 is 0 Å². The van der Waals surface area contributed by atoms with Crippen molar-refractivity contribution in [2.45, 2.75) is 38.8 Å².